The van der Waals surface area contributed by atoms with Gasteiger partial charge in [-0.3, -0.25) is 5.32 Å². The molecule has 1 aliphatic carbocycles. The minimum atomic E-state index is -1.50. The van der Waals surface area contributed by atoms with Gasteiger partial charge < -0.3 is 44.5 Å². The van der Waals surface area contributed by atoms with Gasteiger partial charge in [0.05, 0.1) is 38.3 Å². The predicted molar refractivity (Wildman–Crippen MR) is 121 cm³/mol. The molecular formula is C22H34NO9P. The Morgan fingerprint density at radius 2 is 1.79 bits per heavy atom. The van der Waals surface area contributed by atoms with E-state index in [-0.39, 0.29) is 18.5 Å². The van der Waals surface area contributed by atoms with Gasteiger partial charge in [-0.1, -0.05) is 36.4 Å². The van der Waals surface area contributed by atoms with Gasteiger partial charge in [0.15, 0.2) is 6.29 Å². The average molecular weight is 487 g/mol. The summed E-state index contributed by atoms with van der Waals surface area (Å²) < 4.78 is 23.0. The summed E-state index contributed by atoms with van der Waals surface area (Å²) in [5.41, 5.74) is 1.16. The molecule has 10 atom stereocenters. The van der Waals surface area contributed by atoms with Crippen molar-refractivity contribution < 1.29 is 44.5 Å². The fourth-order valence-corrected chi connectivity index (χ4v) is 4.40. The van der Waals surface area contributed by atoms with Gasteiger partial charge in [-0.05, 0) is 11.1 Å². The van der Waals surface area contributed by atoms with Crippen LogP contribution in [0.5, 0.6) is 0 Å². The Labute approximate surface area is 195 Å². The zero-order valence-corrected chi connectivity index (χ0v) is 19.6. The van der Waals surface area contributed by atoms with E-state index >= 15 is 0 Å². The fourth-order valence-electron chi connectivity index (χ4n) is 4.18. The van der Waals surface area contributed by atoms with E-state index in [2.05, 4.69) is 14.6 Å². The highest BCUT2D eigenvalue weighted by Crippen LogP contribution is 2.28. The van der Waals surface area contributed by atoms with Crippen molar-refractivity contribution in [1.29, 1.82) is 0 Å². The van der Waals surface area contributed by atoms with Crippen LogP contribution in [0.1, 0.15) is 5.56 Å². The van der Waals surface area contributed by atoms with Crippen LogP contribution >= 0.6 is 9.24 Å². The van der Waals surface area contributed by atoms with Crippen LogP contribution < -0.4 is 5.32 Å². The summed E-state index contributed by atoms with van der Waals surface area (Å²) in [5.74, 6) is 0. The summed E-state index contributed by atoms with van der Waals surface area (Å²) in [6, 6.07) is 7.92. The van der Waals surface area contributed by atoms with E-state index in [4.69, 9.17) is 18.9 Å². The number of hydrogen-bond donors (Lipinski definition) is 6. The lowest BCUT2D eigenvalue weighted by Gasteiger charge is -2.46. The van der Waals surface area contributed by atoms with Crippen molar-refractivity contribution in [3.05, 3.63) is 47.5 Å². The molecule has 0 bridgehead atoms. The Kier molecular flexibility index (Phi) is 10.2. The van der Waals surface area contributed by atoms with Crippen LogP contribution in [0.25, 0.3) is 0 Å². The molecule has 0 spiro atoms. The molecule has 0 amide bonds. The van der Waals surface area contributed by atoms with Crippen LogP contribution in [-0.4, -0.2) is 107 Å². The second-order valence-electron chi connectivity index (χ2n) is 8.11. The number of benzene rings is 1. The predicted octanol–water partition coefficient (Wildman–Crippen LogP) is -1.50. The number of methoxy groups -OCH3 is 1. The Balaban J connectivity index is 1.71. The number of aliphatic hydroxyl groups is 5. The first-order valence-corrected chi connectivity index (χ1v) is 11.6. The van der Waals surface area contributed by atoms with Crippen molar-refractivity contribution in [2.45, 2.75) is 61.6 Å². The second kappa shape index (κ2) is 12.6. The van der Waals surface area contributed by atoms with Crippen molar-refractivity contribution in [2.75, 3.05) is 26.7 Å². The van der Waals surface area contributed by atoms with E-state index in [0.29, 0.717) is 6.61 Å². The zero-order chi connectivity index (χ0) is 24.0. The molecule has 1 heterocycles. The molecule has 5 unspecified atom stereocenters. The Morgan fingerprint density at radius 1 is 1.06 bits per heavy atom. The van der Waals surface area contributed by atoms with Gasteiger partial charge in [-0.2, -0.15) is 0 Å². The van der Waals surface area contributed by atoms with Crippen molar-refractivity contribution in [1.82, 2.24) is 5.32 Å². The summed E-state index contributed by atoms with van der Waals surface area (Å²) in [6.45, 7) is 0.0342. The lowest BCUT2D eigenvalue weighted by molar-refractivity contribution is -0.273. The van der Waals surface area contributed by atoms with Gasteiger partial charge in [-0.15, -0.1) is 9.24 Å². The van der Waals surface area contributed by atoms with Crippen molar-refractivity contribution >= 4 is 9.24 Å². The van der Waals surface area contributed by atoms with Crippen LogP contribution in [0, 0.1) is 0 Å². The lowest BCUT2D eigenvalue weighted by Crippen LogP contribution is -2.68. The summed E-state index contributed by atoms with van der Waals surface area (Å²) in [5, 5.41) is 54.2. The van der Waals surface area contributed by atoms with E-state index in [9.17, 15) is 25.5 Å². The van der Waals surface area contributed by atoms with Gasteiger partial charge in [0.2, 0.25) is 0 Å². The standard InChI is InChI=1S/C22H34NO9P/c1-29-22-16(23-14-7-13(8-24)17(25)20(28)18(14)26)19(27)21(31-11-33)15(32-22)10-30-9-12-5-3-2-4-6-12/h2-7,14-28H,8-11,33H2,1H3/t14?,15?,16-,17-,18+,19?,20?,21-,22+/m1/s1. The molecule has 0 saturated carbocycles. The highest BCUT2D eigenvalue weighted by molar-refractivity contribution is 7.16. The van der Waals surface area contributed by atoms with Gasteiger partial charge in [0.1, 0.15) is 36.6 Å². The van der Waals surface area contributed by atoms with Crippen molar-refractivity contribution in [3.8, 4) is 0 Å². The summed E-state index contributed by atoms with van der Waals surface area (Å²) in [6.07, 6.45) is -6.01. The fraction of sp³-hybridized carbons (Fsp3) is 0.636. The number of ether oxygens (including phenoxy) is 4. The zero-order valence-electron chi connectivity index (χ0n) is 18.4. The van der Waals surface area contributed by atoms with E-state index in [1.165, 1.54) is 13.2 Å². The minimum absolute atomic E-state index is 0.152. The monoisotopic (exact) mass is 487 g/mol. The molecule has 33 heavy (non-hydrogen) atoms. The quantitative estimate of drug-likeness (QED) is 0.170. The molecule has 10 nitrogen and oxygen atoms in total. The molecule has 1 aliphatic heterocycles. The van der Waals surface area contributed by atoms with Crippen LogP contribution in [0.15, 0.2) is 42.0 Å². The lowest BCUT2D eigenvalue weighted by atomic mass is 9.87. The van der Waals surface area contributed by atoms with Crippen LogP contribution in [0.2, 0.25) is 0 Å². The first-order valence-electron chi connectivity index (χ1n) is 10.8. The maximum absolute atomic E-state index is 11.1. The molecule has 2 aliphatic rings. The molecule has 1 aromatic rings. The number of aliphatic hydroxyl groups excluding tert-OH is 5. The van der Waals surface area contributed by atoms with E-state index in [0.717, 1.165) is 5.56 Å². The highest BCUT2D eigenvalue weighted by Gasteiger charge is 2.48. The van der Waals surface area contributed by atoms with Gasteiger partial charge in [0, 0.05) is 7.11 Å². The molecule has 1 aromatic carbocycles. The Bertz CT molecular complexity index is 755. The van der Waals surface area contributed by atoms with Crippen LogP contribution in [-0.2, 0) is 25.6 Å². The van der Waals surface area contributed by atoms with Gasteiger partial charge in [-0.25, -0.2) is 0 Å². The SMILES string of the molecule is CO[C@H]1OC(COCc2ccccc2)[C@@H](OCP)C(O)[C@H]1NC1C=C(CO)[C@@H](O)C(O)[C@H]1O. The van der Waals surface area contributed by atoms with E-state index in [1.807, 2.05) is 30.3 Å². The van der Waals surface area contributed by atoms with Crippen LogP contribution in [0.3, 0.4) is 0 Å². The average Bonchev–Trinajstić information content (AvgIpc) is 2.83. The van der Waals surface area contributed by atoms with Crippen molar-refractivity contribution in [2.24, 2.45) is 0 Å². The summed E-state index contributed by atoms with van der Waals surface area (Å²) in [4.78, 5) is 0. The largest absolute Gasteiger partial charge is 0.392 e. The molecule has 0 radical (unpaired) electrons. The third-order valence-electron chi connectivity index (χ3n) is 5.97. The molecule has 3 rings (SSSR count). The topological polar surface area (TPSA) is 150 Å². The van der Waals surface area contributed by atoms with Crippen LogP contribution in [0.4, 0.5) is 0 Å². The molecular weight excluding hydrogens is 453 g/mol. The maximum Gasteiger partial charge on any atom is 0.175 e. The third kappa shape index (κ3) is 6.36. The normalized spacial score (nSPS) is 37.1. The number of hydrogen-bond acceptors (Lipinski definition) is 10. The Hall–Kier alpha value is -1.01. The van der Waals surface area contributed by atoms with Gasteiger partial charge in [0.25, 0.3) is 0 Å². The molecule has 1 fully saturated rings. The maximum atomic E-state index is 11.1. The number of rotatable bonds is 10. The second-order valence-corrected chi connectivity index (χ2v) is 8.45. The molecule has 6 N–H and O–H groups in total. The smallest absolute Gasteiger partial charge is 0.175 e. The first-order chi connectivity index (χ1) is 15.9. The number of nitrogens with one attached hydrogen (secondary N) is 1. The molecule has 11 heteroatoms. The molecule has 0 aromatic heterocycles. The first kappa shape index (κ1) is 26.6. The minimum Gasteiger partial charge on any atom is -0.392 e. The molecule has 1 saturated heterocycles. The van der Waals surface area contributed by atoms with Crippen molar-refractivity contribution in [3.63, 3.8) is 0 Å². The molecule has 186 valence electrons. The van der Waals surface area contributed by atoms with E-state index < -0.39 is 61.6 Å². The summed E-state index contributed by atoms with van der Waals surface area (Å²) in [7, 11) is 3.86. The van der Waals surface area contributed by atoms with Gasteiger partial charge >= 0.3 is 0 Å². The highest BCUT2D eigenvalue weighted by atomic mass is 31.0. The third-order valence-corrected chi connectivity index (χ3v) is 6.16. The summed E-state index contributed by atoms with van der Waals surface area (Å²) >= 11 is 0. The Morgan fingerprint density at radius 3 is 2.42 bits per heavy atom. The van der Waals surface area contributed by atoms with E-state index in [1.54, 1.807) is 0 Å².